The maximum Gasteiger partial charge on any atom is 0.149 e. The van der Waals surface area contributed by atoms with E-state index in [1.807, 2.05) is 19.1 Å². The van der Waals surface area contributed by atoms with Crippen LogP contribution >= 0.6 is 23.2 Å². The number of hydrogen-bond donors (Lipinski definition) is 1. The van der Waals surface area contributed by atoms with Crippen LogP contribution in [-0.2, 0) is 0 Å². The molecule has 3 heterocycles. The Hall–Kier alpha value is -2.69. The lowest BCUT2D eigenvalue weighted by molar-refractivity contribution is 0.568. The van der Waals surface area contributed by atoms with Crippen LogP contribution in [0.1, 0.15) is 28.8 Å². The highest BCUT2D eigenvalue weighted by Crippen LogP contribution is 2.40. The van der Waals surface area contributed by atoms with Crippen molar-refractivity contribution in [1.82, 2.24) is 14.3 Å². The van der Waals surface area contributed by atoms with Crippen LogP contribution in [0.3, 0.4) is 0 Å². The molecule has 0 bridgehead atoms. The lowest BCUT2D eigenvalue weighted by atomic mass is 10.0. The molecular weight excluding hydrogens is 403 g/mol. The molecule has 1 aliphatic rings. The zero-order valence-electron chi connectivity index (χ0n) is 16.4. The smallest absolute Gasteiger partial charge is 0.149 e. The second-order valence-corrected chi connectivity index (χ2v) is 8.37. The molecule has 4 aromatic rings. The molecule has 5 rings (SSSR count). The Morgan fingerprint density at radius 2 is 1.66 bits per heavy atom. The van der Waals surface area contributed by atoms with E-state index >= 15 is 0 Å². The summed E-state index contributed by atoms with van der Waals surface area (Å²) < 4.78 is 4.26. The summed E-state index contributed by atoms with van der Waals surface area (Å²) in [5.41, 5.74) is 8.75. The van der Waals surface area contributed by atoms with Crippen LogP contribution in [0.25, 0.3) is 16.9 Å². The second-order valence-electron chi connectivity index (χ2n) is 7.50. The summed E-state index contributed by atoms with van der Waals surface area (Å²) in [6, 6.07) is 18.3. The fraction of sp³-hybridized carbons (Fsp3) is 0.174. The van der Waals surface area contributed by atoms with Gasteiger partial charge in [-0.15, -0.1) is 0 Å². The minimum Gasteiger partial charge on any atom is -0.359 e. The van der Waals surface area contributed by atoms with Crippen molar-refractivity contribution in [1.29, 1.82) is 0 Å². The Labute approximate surface area is 179 Å². The monoisotopic (exact) mass is 422 g/mol. The van der Waals surface area contributed by atoms with Crippen LogP contribution in [0.15, 0.2) is 54.6 Å². The Kier molecular flexibility index (Phi) is 4.23. The van der Waals surface area contributed by atoms with E-state index in [1.165, 1.54) is 5.56 Å². The quantitative estimate of drug-likeness (QED) is 0.397. The van der Waals surface area contributed by atoms with Gasteiger partial charge in [-0.25, -0.2) is 4.68 Å². The Morgan fingerprint density at radius 3 is 2.41 bits per heavy atom. The van der Waals surface area contributed by atoms with Gasteiger partial charge in [0.05, 0.1) is 11.4 Å². The number of halogens is 2. The number of anilines is 1. The number of benzene rings is 2. The number of hydrogen-bond acceptors (Lipinski definition) is 2. The van der Waals surface area contributed by atoms with E-state index in [0.29, 0.717) is 10.0 Å². The standard InChI is InChI=1S/C23H20Cl2N4/c1-13-8-22-19-6-4-5-7-21(19)26-23(29(22)27-13)20-9-14(2)28(15(20)3)18-11-16(24)10-17(25)12-18/h4-12,23,26H,1-3H3. The van der Waals surface area contributed by atoms with Crippen molar-refractivity contribution in [2.75, 3.05) is 5.32 Å². The van der Waals surface area contributed by atoms with E-state index in [-0.39, 0.29) is 6.17 Å². The zero-order chi connectivity index (χ0) is 20.3. The summed E-state index contributed by atoms with van der Waals surface area (Å²) in [5, 5.41) is 9.71. The van der Waals surface area contributed by atoms with Crippen LogP contribution < -0.4 is 5.32 Å². The van der Waals surface area contributed by atoms with Gasteiger partial charge in [0.2, 0.25) is 0 Å². The molecule has 1 unspecified atom stereocenters. The van der Waals surface area contributed by atoms with Crippen LogP contribution in [0, 0.1) is 20.8 Å². The summed E-state index contributed by atoms with van der Waals surface area (Å²) in [7, 11) is 0. The van der Waals surface area contributed by atoms with Gasteiger partial charge in [-0.1, -0.05) is 41.4 Å². The molecular formula is C23H20Cl2N4. The number of nitrogens with zero attached hydrogens (tertiary/aromatic N) is 3. The molecule has 0 radical (unpaired) electrons. The lowest BCUT2D eigenvalue weighted by Gasteiger charge is -2.29. The van der Waals surface area contributed by atoms with Crippen molar-refractivity contribution < 1.29 is 0 Å². The normalized spacial score (nSPS) is 15.0. The van der Waals surface area contributed by atoms with Crippen molar-refractivity contribution in [3.05, 3.63) is 87.3 Å². The first-order chi connectivity index (χ1) is 13.9. The first kappa shape index (κ1) is 18.3. The molecule has 6 heteroatoms. The third-order valence-corrected chi connectivity index (χ3v) is 5.90. The summed E-state index contributed by atoms with van der Waals surface area (Å²) in [5.74, 6) is 0. The number of aryl methyl sites for hydroxylation is 2. The lowest BCUT2D eigenvalue weighted by Crippen LogP contribution is -2.26. The second kappa shape index (κ2) is 6.68. The van der Waals surface area contributed by atoms with E-state index in [2.05, 4.69) is 64.8 Å². The zero-order valence-corrected chi connectivity index (χ0v) is 17.9. The van der Waals surface area contributed by atoms with Gasteiger partial charge in [-0.3, -0.25) is 0 Å². The molecule has 2 aromatic carbocycles. The summed E-state index contributed by atoms with van der Waals surface area (Å²) in [4.78, 5) is 0. The molecule has 1 N–H and O–H groups in total. The number of para-hydroxylation sites is 1. The molecule has 29 heavy (non-hydrogen) atoms. The summed E-state index contributed by atoms with van der Waals surface area (Å²) in [6.45, 7) is 6.24. The maximum absolute atomic E-state index is 6.26. The van der Waals surface area contributed by atoms with Gasteiger partial charge in [0.15, 0.2) is 0 Å². The highest BCUT2D eigenvalue weighted by atomic mass is 35.5. The van der Waals surface area contributed by atoms with Crippen LogP contribution in [0.4, 0.5) is 5.69 Å². The minimum absolute atomic E-state index is 0.0943. The van der Waals surface area contributed by atoms with Gasteiger partial charge < -0.3 is 9.88 Å². The average Bonchev–Trinajstić information content (AvgIpc) is 3.19. The predicted octanol–water partition coefficient (Wildman–Crippen LogP) is 6.55. The molecule has 1 atom stereocenters. The van der Waals surface area contributed by atoms with E-state index in [0.717, 1.165) is 39.7 Å². The van der Waals surface area contributed by atoms with E-state index < -0.39 is 0 Å². The molecule has 0 spiro atoms. The van der Waals surface area contributed by atoms with Gasteiger partial charge in [-0.05, 0) is 57.2 Å². The molecule has 0 saturated heterocycles. The maximum atomic E-state index is 6.26. The number of fused-ring (bicyclic) bond motifs is 3. The molecule has 0 saturated carbocycles. The van der Waals surface area contributed by atoms with Gasteiger partial charge >= 0.3 is 0 Å². The average molecular weight is 423 g/mol. The summed E-state index contributed by atoms with van der Waals surface area (Å²) >= 11 is 12.5. The molecule has 1 aliphatic heterocycles. The number of rotatable bonds is 2. The van der Waals surface area contributed by atoms with Crippen LogP contribution in [-0.4, -0.2) is 14.3 Å². The Bertz CT molecular complexity index is 1230. The first-order valence-electron chi connectivity index (χ1n) is 9.50. The Morgan fingerprint density at radius 1 is 0.931 bits per heavy atom. The van der Waals surface area contributed by atoms with Crippen molar-refractivity contribution in [3.8, 4) is 16.9 Å². The fourth-order valence-corrected chi connectivity index (χ4v) is 4.81. The fourth-order valence-electron chi connectivity index (χ4n) is 4.30. The van der Waals surface area contributed by atoms with Crippen molar-refractivity contribution in [2.45, 2.75) is 26.9 Å². The molecule has 0 aliphatic carbocycles. The highest BCUT2D eigenvalue weighted by molar-refractivity contribution is 6.34. The van der Waals surface area contributed by atoms with Crippen molar-refractivity contribution >= 4 is 28.9 Å². The van der Waals surface area contributed by atoms with E-state index in [9.17, 15) is 0 Å². The molecule has 146 valence electrons. The largest absolute Gasteiger partial charge is 0.359 e. The first-order valence-corrected chi connectivity index (χ1v) is 10.3. The topological polar surface area (TPSA) is 34.8 Å². The number of nitrogens with one attached hydrogen (secondary N) is 1. The molecule has 4 nitrogen and oxygen atoms in total. The summed E-state index contributed by atoms with van der Waals surface area (Å²) in [6.07, 6.45) is -0.0943. The third-order valence-electron chi connectivity index (χ3n) is 5.47. The molecule has 0 amide bonds. The molecule has 2 aromatic heterocycles. The van der Waals surface area contributed by atoms with Gasteiger partial charge in [0, 0.05) is 43.9 Å². The van der Waals surface area contributed by atoms with Gasteiger partial charge in [0.25, 0.3) is 0 Å². The van der Waals surface area contributed by atoms with Gasteiger partial charge in [-0.2, -0.15) is 5.10 Å². The number of aromatic nitrogens is 3. The minimum atomic E-state index is -0.0943. The van der Waals surface area contributed by atoms with Gasteiger partial charge in [0.1, 0.15) is 6.17 Å². The predicted molar refractivity (Wildman–Crippen MR) is 119 cm³/mol. The van der Waals surface area contributed by atoms with E-state index in [4.69, 9.17) is 28.3 Å². The SMILES string of the molecule is Cc1cc2n(n1)C(c1cc(C)n(-c3cc(Cl)cc(Cl)c3)c1C)Nc1ccccc1-2. The molecule has 0 fully saturated rings. The van der Waals surface area contributed by atoms with Crippen LogP contribution in [0.5, 0.6) is 0 Å². The van der Waals surface area contributed by atoms with E-state index in [1.54, 1.807) is 6.07 Å². The Balaban J connectivity index is 1.68. The third kappa shape index (κ3) is 2.95. The van der Waals surface area contributed by atoms with Crippen molar-refractivity contribution in [2.24, 2.45) is 0 Å². The highest BCUT2D eigenvalue weighted by Gasteiger charge is 2.29. The van der Waals surface area contributed by atoms with Crippen molar-refractivity contribution in [3.63, 3.8) is 0 Å². The van der Waals surface area contributed by atoms with Crippen LogP contribution in [0.2, 0.25) is 10.0 Å².